The predicted molar refractivity (Wildman–Crippen MR) is 80.6 cm³/mol. The zero-order valence-corrected chi connectivity index (χ0v) is 12.1. The molecule has 2 N–H and O–H groups in total. The Balaban J connectivity index is 1.93. The molecule has 0 atom stereocenters. The second kappa shape index (κ2) is 6.74. The van der Waals surface area contributed by atoms with Crippen molar-refractivity contribution in [3.8, 4) is 5.75 Å². The van der Waals surface area contributed by atoms with Gasteiger partial charge in [-0.3, -0.25) is 0 Å². The minimum atomic E-state index is -0.379. The molecule has 0 radical (unpaired) electrons. The molecule has 0 saturated heterocycles. The van der Waals surface area contributed by atoms with Crippen LogP contribution in [0.25, 0.3) is 0 Å². The number of hydrogen-bond acceptors (Lipinski definition) is 5. The lowest BCUT2D eigenvalue weighted by Crippen LogP contribution is -2.09. The Bertz CT molecular complexity index is 624. The highest BCUT2D eigenvalue weighted by Gasteiger charge is 2.10. The Morgan fingerprint density at radius 1 is 1.24 bits per heavy atom. The molecule has 21 heavy (non-hydrogen) atoms. The molecule has 5 heteroatoms. The first-order chi connectivity index (χ1) is 10.1. The number of rotatable bonds is 5. The van der Waals surface area contributed by atoms with Crippen molar-refractivity contribution in [1.29, 1.82) is 0 Å². The summed E-state index contributed by atoms with van der Waals surface area (Å²) in [7, 11) is 1.35. The smallest absolute Gasteiger partial charge is 0.339 e. The number of aromatic hydroxyl groups is 1. The molecule has 0 spiro atoms. The Labute approximate surface area is 123 Å². The van der Waals surface area contributed by atoms with Gasteiger partial charge in [0.1, 0.15) is 11.6 Å². The van der Waals surface area contributed by atoms with Crippen molar-refractivity contribution in [2.75, 3.05) is 19.0 Å². The number of aryl methyl sites for hydroxylation is 1. The highest BCUT2D eigenvalue weighted by molar-refractivity contribution is 5.90. The van der Waals surface area contributed by atoms with E-state index in [0.29, 0.717) is 11.3 Å². The maximum Gasteiger partial charge on any atom is 0.339 e. The van der Waals surface area contributed by atoms with Crippen molar-refractivity contribution in [3.63, 3.8) is 0 Å². The van der Waals surface area contributed by atoms with Crippen molar-refractivity contribution < 1.29 is 14.6 Å². The molecule has 0 saturated carbocycles. The van der Waals surface area contributed by atoms with Crippen molar-refractivity contribution in [2.24, 2.45) is 0 Å². The molecule has 2 rings (SSSR count). The van der Waals surface area contributed by atoms with Gasteiger partial charge in [-0.15, -0.1) is 0 Å². The number of nitrogens with zero attached hydrogens (tertiary/aromatic N) is 1. The number of anilines is 1. The summed E-state index contributed by atoms with van der Waals surface area (Å²) in [4.78, 5) is 15.8. The number of pyridine rings is 1. The van der Waals surface area contributed by atoms with Gasteiger partial charge in [-0.25, -0.2) is 9.78 Å². The van der Waals surface area contributed by atoms with Crippen molar-refractivity contribution in [2.45, 2.75) is 13.3 Å². The summed E-state index contributed by atoms with van der Waals surface area (Å²) >= 11 is 0. The summed E-state index contributed by atoms with van der Waals surface area (Å²) in [6.45, 7) is 2.49. The molecule has 0 unspecified atom stereocenters. The van der Waals surface area contributed by atoms with E-state index < -0.39 is 0 Å². The lowest BCUT2D eigenvalue weighted by Gasteiger charge is -2.08. The molecule has 2 aromatic rings. The van der Waals surface area contributed by atoms with Gasteiger partial charge in [0.15, 0.2) is 0 Å². The van der Waals surface area contributed by atoms with E-state index in [1.54, 1.807) is 31.2 Å². The fraction of sp³-hybridized carbons (Fsp3) is 0.250. The maximum atomic E-state index is 11.5. The molecule has 5 nitrogen and oxygen atoms in total. The third-order valence-corrected chi connectivity index (χ3v) is 3.15. The maximum absolute atomic E-state index is 11.5. The topological polar surface area (TPSA) is 71.5 Å². The van der Waals surface area contributed by atoms with E-state index in [2.05, 4.69) is 15.0 Å². The number of ether oxygens (including phenoxy) is 1. The predicted octanol–water partition coefficient (Wildman–Crippen LogP) is 2.54. The molecule has 1 aromatic carbocycles. The van der Waals surface area contributed by atoms with Crippen molar-refractivity contribution in [3.05, 3.63) is 53.2 Å². The van der Waals surface area contributed by atoms with Gasteiger partial charge in [-0.05, 0) is 43.2 Å². The lowest BCUT2D eigenvalue weighted by molar-refractivity contribution is 0.0599. The van der Waals surface area contributed by atoms with Crippen LogP contribution in [0, 0.1) is 6.92 Å². The molecule has 0 aliphatic rings. The number of hydrogen-bond donors (Lipinski definition) is 2. The van der Waals surface area contributed by atoms with Gasteiger partial charge < -0.3 is 15.2 Å². The first kappa shape index (κ1) is 14.8. The van der Waals surface area contributed by atoms with Crippen LogP contribution in [0.1, 0.15) is 21.6 Å². The van der Waals surface area contributed by atoms with E-state index in [1.807, 2.05) is 12.1 Å². The standard InChI is InChI=1S/C16H18N2O3/c1-11-14(16(20)21-2)7-8-15(18-11)17-10-9-12-3-5-13(19)6-4-12/h3-8,19H,9-10H2,1-2H3,(H,17,18). The Morgan fingerprint density at radius 2 is 1.95 bits per heavy atom. The Kier molecular flexibility index (Phi) is 4.77. The molecule has 0 aliphatic carbocycles. The zero-order chi connectivity index (χ0) is 15.2. The number of carbonyl (C=O) groups is 1. The quantitative estimate of drug-likeness (QED) is 0.826. The molecule has 0 fully saturated rings. The van der Waals surface area contributed by atoms with E-state index in [9.17, 15) is 9.90 Å². The van der Waals surface area contributed by atoms with E-state index in [4.69, 9.17) is 0 Å². The van der Waals surface area contributed by atoms with E-state index >= 15 is 0 Å². The van der Waals surface area contributed by atoms with Gasteiger partial charge >= 0.3 is 5.97 Å². The molecular weight excluding hydrogens is 268 g/mol. The summed E-state index contributed by atoms with van der Waals surface area (Å²) < 4.78 is 4.69. The number of esters is 1. The van der Waals surface area contributed by atoms with Gasteiger partial charge in [-0.2, -0.15) is 0 Å². The third-order valence-electron chi connectivity index (χ3n) is 3.15. The largest absolute Gasteiger partial charge is 0.508 e. The molecule has 0 aliphatic heterocycles. The summed E-state index contributed by atoms with van der Waals surface area (Å²) in [5, 5.41) is 12.4. The van der Waals surface area contributed by atoms with Gasteiger partial charge in [0.25, 0.3) is 0 Å². The van der Waals surface area contributed by atoms with Gasteiger partial charge in [0.05, 0.1) is 18.4 Å². The minimum Gasteiger partial charge on any atom is -0.508 e. The molecule has 1 aromatic heterocycles. The number of phenolic OH excluding ortho intramolecular Hbond substituents is 1. The fourth-order valence-electron chi connectivity index (χ4n) is 1.98. The Hall–Kier alpha value is -2.56. The number of carbonyl (C=O) groups excluding carboxylic acids is 1. The summed E-state index contributed by atoms with van der Waals surface area (Å²) in [5.41, 5.74) is 2.24. The van der Waals surface area contributed by atoms with Crippen LogP contribution in [0.3, 0.4) is 0 Å². The van der Waals surface area contributed by atoms with Crippen LogP contribution >= 0.6 is 0 Å². The minimum absolute atomic E-state index is 0.266. The highest BCUT2D eigenvalue weighted by Crippen LogP contribution is 2.13. The molecule has 110 valence electrons. The van der Waals surface area contributed by atoms with Crippen LogP contribution in [-0.2, 0) is 11.2 Å². The van der Waals surface area contributed by atoms with Crippen molar-refractivity contribution >= 4 is 11.8 Å². The van der Waals surface area contributed by atoms with Crippen LogP contribution < -0.4 is 5.32 Å². The van der Waals surface area contributed by atoms with Gasteiger partial charge in [0, 0.05) is 6.54 Å². The molecular formula is C16H18N2O3. The average molecular weight is 286 g/mol. The average Bonchev–Trinajstić information content (AvgIpc) is 2.49. The van der Waals surface area contributed by atoms with Crippen molar-refractivity contribution in [1.82, 2.24) is 4.98 Å². The van der Waals surface area contributed by atoms with Gasteiger partial charge in [-0.1, -0.05) is 12.1 Å². The monoisotopic (exact) mass is 286 g/mol. The van der Waals surface area contributed by atoms with Crippen LogP contribution in [0.5, 0.6) is 5.75 Å². The Morgan fingerprint density at radius 3 is 2.57 bits per heavy atom. The first-order valence-corrected chi connectivity index (χ1v) is 6.68. The fourth-order valence-corrected chi connectivity index (χ4v) is 1.98. The van der Waals surface area contributed by atoms with Crippen LogP contribution in [0.2, 0.25) is 0 Å². The molecule has 0 bridgehead atoms. The normalized spacial score (nSPS) is 10.2. The van der Waals surface area contributed by atoms with Crippen LogP contribution in [0.4, 0.5) is 5.82 Å². The molecule has 0 amide bonds. The highest BCUT2D eigenvalue weighted by atomic mass is 16.5. The number of methoxy groups -OCH3 is 1. The summed E-state index contributed by atoms with van der Waals surface area (Å²) in [5.74, 6) is 0.608. The second-order valence-electron chi connectivity index (χ2n) is 4.66. The summed E-state index contributed by atoms with van der Waals surface area (Å²) in [6, 6.07) is 10.6. The number of nitrogens with one attached hydrogen (secondary N) is 1. The van der Waals surface area contributed by atoms with E-state index in [-0.39, 0.29) is 11.7 Å². The number of benzene rings is 1. The van der Waals surface area contributed by atoms with E-state index in [0.717, 1.165) is 24.3 Å². The van der Waals surface area contributed by atoms with Crippen LogP contribution in [0.15, 0.2) is 36.4 Å². The molecule has 1 heterocycles. The zero-order valence-electron chi connectivity index (χ0n) is 12.1. The van der Waals surface area contributed by atoms with E-state index in [1.165, 1.54) is 7.11 Å². The third kappa shape index (κ3) is 3.95. The first-order valence-electron chi connectivity index (χ1n) is 6.68. The number of aromatic nitrogens is 1. The SMILES string of the molecule is COC(=O)c1ccc(NCCc2ccc(O)cc2)nc1C. The van der Waals surface area contributed by atoms with Crippen LogP contribution in [-0.4, -0.2) is 29.7 Å². The van der Waals surface area contributed by atoms with Gasteiger partial charge in [0.2, 0.25) is 0 Å². The lowest BCUT2D eigenvalue weighted by atomic mass is 10.1. The summed E-state index contributed by atoms with van der Waals surface area (Å²) in [6.07, 6.45) is 0.819. The number of phenols is 1. The second-order valence-corrected chi connectivity index (χ2v) is 4.66.